The standard InChI is InChI=1S/C21H23N3O3S3/c1-4-23(13-15-10-11-17(26-2)18(12-15)27-3)19(25)14-29-20-22-24(21(28)30-20)16-8-6-5-7-9-16/h5-12H,4,13-14H2,1-3H3. The predicted octanol–water partition coefficient (Wildman–Crippen LogP) is 4.82. The topological polar surface area (TPSA) is 56.6 Å². The number of para-hydroxylation sites is 1. The van der Waals surface area contributed by atoms with E-state index in [1.54, 1.807) is 18.9 Å². The molecule has 158 valence electrons. The molecule has 1 heterocycles. The van der Waals surface area contributed by atoms with Gasteiger partial charge in [-0.3, -0.25) is 4.79 Å². The number of hydrogen-bond acceptors (Lipinski definition) is 7. The summed E-state index contributed by atoms with van der Waals surface area (Å²) in [6, 6.07) is 15.4. The third-order valence-corrected chi connectivity index (χ3v) is 6.76. The molecular formula is C21H23N3O3S3. The maximum atomic E-state index is 12.8. The van der Waals surface area contributed by atoms with E-state index < -0.39 is 0 Å². The lowest BCUT2D eigenvalue weighted by atomic mass is 10.2. The lowest BCUT2D eigenvalue weighted by molar-refractivity contribution is -0.128. The van der Waals surface area contributed by atoms with Crippen molar-refractivity contribution in [3.63, 3.8) is 0 Å². The summed E-state index contributed by atoms with van der Waals surface area (Å²) >= 11 is 8.25. The number of methoxy groups -OCH3 is 2. The first-order valence-electron chi connectivity index (χ1n) is 9.32. The van der Waals surface area contributed by atoms with Crippen molar-refractivity contribution in [3.05, 3.63) is 58.0 Å². The zero-order valence-electron chi connectivity index (χ0n) is 17.0. The van der Waals surface area contributed by atoms with Gasteiger partial charge in [0.05, 0.1) is 25.7 Å². The van der Waals surface area contributed by atoms with E-state index in [0.717, 1.165) is 15.6 Å². The largest absolute Gasteiger partial charge is 0.493 e. The first-order valence-corrected chi connectivity index (χ1v) is 11.5. The molecule has 0 bridgehead atoms. The monoisotopic (exact) mass is 461 g/mol. The first kappa shape index (κ1) is 22.3. The van der Waals surface area contributed by atoms with Crippen molar-refractivity contribution in [1.82, 2.24) is 14.7 Å². The van der Waals surface area contributed by atoms with E-state index in [4.69, 9.17) is 21.7 Å². The molecule has 3 aromatic rings. The maximum absolute atomic E-state index is 12.8. The SMILES string of the molecule is CCN(Cc1ccc(OC)c(OC)c1)C(=O)CSc1nn(-c2ccccc2)c(=S)s1. The number of thioether (sulfide) groups is 1. The second kappa shape index (κ2) is 10.6. The van der Waals surface area contributed by atoms with Crippen molar-refractivity contribution >= 4 is 41.2 Å². The molecule has 0 saturated carbocycles. The second-order valence-corrected chi connectivity index (χ2v) is 9.11. The Bertz CT molecular complexity index is 1050. The van der Waals surface area contributed by atoms with Crippen molar-refractivity contribution in [3.8, 4) is 17.2 Å². The van der Waals surface area contributed by atoms with E-state index in [2.05, 4.69) is 5.10 Å². The number of rotatable bonds is 9. The smallest absolute Gasteiger partial charge is 0.233 e. The van der Waals surface area contributed by atoms with Crippen LogP contribution >= 0.6 is 35.3 Å². The van der Waals surface area contributed by atoms with Gasteiger partial charge in [-0.1, -0.05) is 47.4 Å². The Morgan fingerprint density at radius 2 is 1.90 bits per heavy atom. The van der Waals surface area contributed by atoms with Crippen molar-refractivity contribution in [2.45, 2.75) is 17.8 Å². The minimum Gasteiger partial charge on any atom is -0.493 e. The highest BCUT2D eigenvalue weighted by molar-refractivity contribution is 8.01. The summed E-state index contributed by atoms with van der Waals surface area (Å²) in [4.78, 5) is 14.6. The van der Waals surface area contributed by atoms with Gasteiger partial charge in [-0.15, -0.1) is 5.10 Å². The summed E-state index contributed by atoms with van der Waals surface area (Å²) in [6.45, 7) is 3.09. The molecule has 2 aromatic carbocycles. The van der Waals surface area contributed by atoms with Crippen LogP contribution in [0.4, 0.5) is 0 Å². The molecule has 0 spiro atoms. The molecule has 1 amide bonds. The van der Waals surface area contributed by atoms with Gasteiger partial charge in [0.25, 0.3) is 0 Å². The number of carbonyl (C=O) groups is 1. The van der Waals surface area contributed by atoms with Crippen LogP contribution in [-0.4, -0.2) is 47.1 Å². The quantitative estimate of drug-likeness (QED) is 0.336. The summed E-state index contributed by atoms with van der Waals surface area (Å²) in [6.07, 6.45) is 0. The highest BCUT2D eigenvalue weighted by Gasteiger charge is 2.16. The third kappa shape index (κ3) is 5.41. The molecule has 0 atom stereocenters. The van der Waals surface area contributed by atoms with Crippen molar-refractivity contribution < 1.29 is 14.3 Å². The average Bonchev–Trinajstić information content (AvgIpc) is 3.16. The van der Waals surface area contributed by atoms with Crippen molar-refractivity contribution in [1.29, 1.82) is 0 Å². The zero-order valence-corrected chi connectivity index (χ0v) is 19.5. The van der Waals surface area contributed by atoms with E-state index in [9.17, 15) is 4.79 Å². The van der Waals surface area contributed by atoms with E-state index in [0.29, 0.717) is 34.3 Å². The number of aromatic nitrogens is 2. The number of nitrogens with zero attached hydrogens (tertiary/aromatic N) is 3. The van der Waals surface area contributed by atoms with Crippen LogP contribution < -0.4 is 9.47 Å². The fraction of sp³-hybridized carbons (Fsp3) is 0.286. The Balaban J connectivity index is 1.64. The van der Waals surface area contributed by atoms with E-state index >= 15 is 0 Å². The molecular weight excluding hydrogens is 438 g/mol. The highest BCUT2D eigenvalue weighted by Crippen LogP contribution is 2.28. The maximum Gasteiger partial charge on any atom is 0.233 e. The molecule has 1 aromatic heterocycles. The molecule has 0 aliphatic rings. The summed E-state index contributed by atoms with van der Waals surface area (Å²) < 4.78 is 13.8. The summed E-state index contributed by atoms with van der Waals surface area (Å²) in [5, 5.41) is 4.56. The van der Waals surface area contributed by atoms with Crippen LogP contribution in [0.1, 0.15) is 12.5 Å². The van der Waals surface area contributed by atoms with Gasteiger partial charge in [0.1, 0.15) is 0 Å². The van der Waals surface area contributed by atoms with Crippen LogP contribution in [0.2, 0.25) is 0 Å². The summed E-state index contributed by atoms with van der Waals surface area (Å²) in [5.41, 5.74) is 1.90. The lowest BCUT2D eigenvalue weighted by Crippen LogP contribution is -2.31. The van der Waals surface area contributed by atoms with E-state index in [1.165, 1.54) is 23.1 Å². The molecule has 3 rings (SSSR count). The minimum absolute atomic E-state index is 0.0460. The number of hydrogen-bond donors (Lipinski definition) is 0. The zero-order chi connectivity index (χ0) is 21.5. The van der Waals surface area contributed by atoms with E-state index in [-0.39, 0.29) is 5.91 Å². The molecule has 0 unspecified atom stereocenters. The molecule has 0 radical (unpaired) electrons. The highest BCUT2D eigenvalue weighted by atomic mass is 32.2. The number of amides is 1. The fourth-order valence-corrected chi connectivity index (χ4v) is 5.11. The first-order chi connectivity index (χ1) is 14.5. The molecule has 0 fully saturated rings. The Kier molecular flexibility index (Phi) is 7.89. The molecule has 9 heteroatoms. The summed E-state index contributed by atoms with van der Waals surface area (Å²) in [7, 11) is 3.20. The van der Waals surface area contributed by atoms with Gasteiger partial charge in [0.2, 0.25) is 5.91 Å². The van der Waals surface area contributed by atoms with Crippen LogP contribution in [0.15, 0.2) is 52.9 Å². The minimum atomic E-state index is 0.0460. The number of ether oxygens (including phenoxy) is 2. The number of carbonyl (C=O) groups excluding carboxylic acids is 1. The summed E-state index contributed by atoms with van der Waals surface area (Å²) in [5.74, 6) is 1.67. The average molecular weight is 462 g/mol. The van der Waals surface area contributed by atoms with Crippen LogP contribution in [-0.2, 0) is 11.3 Å². The Morgan fingerprint density at radius 1 is 1.17 bits per heavy atom. The van der Waals surface area contributed by atoms with Gasteiger partial charge in [0.15, 0.2) is 19.8 Å². The Hall–Kier alpha value is -2.36. The Morgan fingerprint density at radius 3 is 2.57 bits per heavy atom. The molecule has 0 aliphatic carbocycles. The fourth-order valence-electron chi connectivity index (χ4n) is 2.84. The molecule has 0 N–H and O–H groups in total. The van der Waals surface area contributed by atoms with Crippen molar-refractivity contribution in [2.24, 2.45) is 0 Å². The Labute approximate surface area is 189 Å². The van der Waals surface area contributed by atoms with Crippen LogP contribution in [0.3, 0.4) is 0 Å². The van der Waals surface area contributed by atoms with E-state index in [1.807, 2.05) is 60.4 Å². The normalized spacial score (nSPS) is 10.6. The van der Waals surface area contributed by atoms with Gasteiger partial charge in [-0.05, 0) is 49.0 Å². The van der Waals surface area contributed by atoms with Crippen LogP contribution in [0.25, 0.3) is 5.69 Å². The third-order valence-electron chi connectivity index (χ3n) is 4.40. The predicted molar refractivity (Wildman–Crippen MR) is 124 cm³/mol. The molecule has 0 saturated heterocycles. The van der Waals surface area contributed by atoms with Crippen LogP contribution in [0, 0.1) is 3.95 Å². The van der Waals surface area contributed by atoms with Gasteiger partial charge >= 0.3 is 0 Å². The molecule has 0 aliphatic heterocycles. The van der Waals surface area contributed by atoms with Gasteiger partial charge in [-0.25, -0.2) is 4.68 Å². The van der Waals surface area contributed by atoms with Gasteiger partial charge < -0.3 is 14.4 Å². The second-order valence-electron chi connectivity index (χ2n) is 6.27. The molecule has 6 nitrogen and oxygen atoms in total. The number of benzene rings is 2. The van der Waals surface area contributed by atoms with Gasteiger partial charge in [-0.2, -0.15) is 0 Å². The van der Waals surface area contributed by atoms with Crippen molar-refractivity contribution in [2.75, 3.05) is 26.5 Å². The van der Waals surface area contributed by atoms with Crippen LogP contribution in [0.5, 0.6) is 11.5 Å². The lowest BCUT2D eigenvalue weighted by Gasteiger charge is -2.21. The molecule has 30 heavy (non-hydrogen) atoms. The van der Waals surface area contributed by atoms with Gasteiger partial charge in [0, 0.05) is 13.1 Å².